The van der Waals surface area contributed by atoms with Crippen molar-refractivity contribution in [3.8, 4) is 22.7 Å². The van der Waals surface area contributed by atoms with Crippen molar-refractivity contribution >= 4 is 11.6 Å². The fourth-order valence-electron chi connectivity index (χ4n) is 4.28. The van der Waals surface area contributed by atoms with Gasteiger partial charge >= 0.3 is 6.18 Å². The van der Waals surface area contributed by atoms with Gasteiger partial charge in [-0.3, -0.25) is 19.6 Å². The largest absolute Gasteiger partial charge is 0.451 e. The highest BCUT2D eigenvalue weighted by molar-refractivity contribution is 6.04. The molecule has 4 aromatic heterocycles. The molecule has 2 N–H and O–H groups in total. The number of nitrogens with zero attached hydrogens (tertiary/aromatic N) is 4. The van der Waals surface area contributed by atoms with Gasteiger partial charge in [-0.1, -0.05) is 0 Å². The Balaban J connectivity index is 1.35. The SMILES string of the molecule is O=C(Nc1cn(C2CCC(OCC(F)(F)F)CC2)nc1-c1ncccc1F)c1ccc(-c2cn[nH]c2)o1. The van der Waals surface area contributed by atoms with E-state index in [4.69, 9.17) is 9.15 Å². The van der Waals surface area contributed by atoms with E-state index >= 15 is 0 Å². The average Bonchev–Trinajstić information content (AvgIpc) is 3.64. The van der Waals surface area contributed by atoms with E-state index in [9.17, 15) is 22.4 Å². The molecule has 5 rings (SSSR count). The number of hydrogen-bond donors (Lipinski definition) is 2. The summed E-state index contributed by atoms with van der Waals surface area (Å²) in [4.78, 5) is 17.0. The number of alkyl halides is 3. The lowest BCUT2D eigenvalue weighted by atomic mass is 9.93. The van der Waals surface area contributed by atoms with Crippen LogP contribution < -0.4 is 5.32 Å². The number of anilines is 1. The Hall–Kier alpha value is -4.00. The second-order valence-corrected chi connectivity index (χ2v) is 8.67. The van der Waals surface area contributed by atoms with Gasteiger partial charge in [-0.2, -0.15) is 23.4 Å². The smallest absolute Gasteiger partial charge is 0.411 e. The summed E-state index contributed by atoms with van der Waals surface area (Å²) in [6.45, 7) is -1.28. The minimum absolute atomic E-state index is 0.0266. The van der Waals surface area contributed by atoms with Crippen molar-refractivity contribution in [1.29, 1.82) is 0 Å². The molecule has 0 spiro atoms. The van der Waals surface area contributed by atoms with Gasteiger partial charge < -0.3 is 14.5 Å². The van der Waals surface area contributed by atoms with E-state index in [0.29, 0.717) is 37.0 Å². The average molecular weight is 518 g/mol. The van der Waals surface area contributed by atoms with Crippen LogP contribution in [0.1, 0.15) is 42.3 Å². The quantitative estimate of drug-likeness (QED) is 0.318. The lowest BCUT2D eigenvalue weighted by Gasteiger charge is -2.29. The van der Waals surface area contributed by atoms with Gasteiger partial charge in [-0.25, -0.2) is 4.39 Å². The zero-order chi connectivity index (χ0) is 26.0. The molecule has 1 aliphatic rings. The summed E-state index contributed by atoms with van der Waals surface area (Å²) in [5, 5.41) is 13.7. The third-order valence-electron chi connectivity index (χ3n) is 6.08. The molecule has 1 saturated carbocycles. The fraction of sp³-hybridized carbons (Fsp3) is 0.333. The molecular weight excluding hydrogens is 496 g/mol. The van der Waals surface area contributed by atoms with E-state index in [-0.39, 0.29) is 28.9 Å². The number of halogens is 4. The summed E-state index contributed by atoms with van der Waals surface area (Å²) >= 11 is 0. The summed E-state index contributed by atoms with van der Waals surface area (Å²) in [5.41, 5.74) is 0.970. The van der Waals surface area contributed by atoms with Crippen LogP contribution in [-0.2, 0) is 4.74 Å². The first-order valence-corrected chi connectivity index (χ1v) is 11.6. The predicted molar refractivity (Wildman–Crippen MR) is 123 cm³/mol. The number of furan rings is 1. The molecule has 0 aromatic carbocycles. The standard InChI is InChI=1S/C24H22F4N6O3/c25-17-2-1-9-29-21(17)22-18(32-23(35)20-8-7-19(37-20)14-10-30-31-11-14)12-34(33-22)15-3-5-16(6-4-15)36-13-24(26,27)28/h1-2,7-12,15-16H,3-6,13H2,(H,30,31)(H,32,35). The van der Waals surface area contributed by atoms with Crippen LogP contribution in [0.15, 0.2) is 53.5 Å². The lowest BCUT2D eigenvalue weighted by Crippen LogP contribution is -2.28. The van der Waals surface area contributed by atoms with Crippen molar-refractivity contribution in [3.63, 3.8) is 0 Å². The summed E-state index contributed by atoms with van der Waals surface area (Å²) in [5.74, 6) is -0.724. The maximum atomic E-state index is 14.6. The molecule has 1 fully saturated rings. The molecular formula is C24H22F4N6O3. The van der Waals surface area contributed by atoms with Crippen LogP contribution in [0.2, 0.25) is 0 Å². The number of pyridine rings is 1. The summed E-state index contributed by atoms with van der Waals surface area (Å²) in [7, 11) is 0. The summed E-state index contributed by atoms with van der Waals surface area (Å²) < 4.78 is 64.2. The maximum Gasteiger partial charge on any atom is 0.411 e. The molecule has 13 heteroatoms. The molecule has 0 saturated heterocycles. The highest BCUT2D eigenvalue weighted by Gasteiger charge is 2.32. The zero-order valence-electron chi connectivity index (χ0n) is 19.3. The van der Waals surface area contributed by atoms with Crippen LogP contribution in [-0.4, -0.2) is 49.8 Å². The van der Waals surface area contributed by atoms with E-state index in [1.165, 1.54) is 24.4 Å². The molecule has 0 atom stereocenters. The van der Waals surface area contributed by atoms with Gasteiger partial charge in [0.15, 0.2) is 11.6 Å². The Labute approximate surface area is 207 Å². The highest BCUT2D eigenvalue weighted by atomic mass is 19.4. The third-order valence-corrected chi connectivity index (χ3v) is 6.08. The summed E-state index contributed by atoms with van der Waals surface area (Å²) in [6, 6.07) is 5.64. The minimum Gasteiger partial charge on any atom is -0.451 e. The van der Waals surface area contributed by atoms with Gasteiger partial charge in [0.25, 0.3) is 5.91 Å². The number of aromatic amines is 1. The van der Waals surface area contributed by atoms with Gasteiger partial charge in [0.2, 0.25) is 0 Å². The first kappa shape index (κ1) is 24.7. The van der Waals surface area contributed by atoms with Crippen LogP contribution in [0.25, 0.3) is 22.7 Å². The second kappa shape index (κ2) is 10.2. The van der Waals surface area contributed by atoms with Crippen molar-refractivity contribution < 1.29 is 31.5 Å². The van der Waals surface area contributed by atoms with Gasteiger partial charge in [-0.15, -0.1) is 0 Å². The highest BCUT2D eigenvalue weighted by Crippen LogP contribution is 2.35. The Morgan fingerprint density at radius 2 is 2.00 bits per heavy atom. The lowest BCUT2D eigenvalue weighted by molar-refractivity contribution is -0.188. The van der Waals surface area contributed by atoms with E-state index < -0.39 is 30.6 Å². The minimum atomic E-state index is -4.37. The number of carbonyl (C=O) groups excluding carboxylic acids is 1. The molecule has 4 aromatic rings. The first-order chi connectivity index (χ1) is 17.8. The van der Waals surface area contributed by atoms with E-state index in [1.54, 1.807) is 29.3 Å². The molecule has 1 amide bonds. The molecule has 0 radical (unpaired) electrons. The van der Waals surface area contributed by atoms with Crippen molar-refractivity contribution in [2.75, 3.05) is 11.9 Å². The monoisotopic (exact) mass is 518 g/mol. The van der Waals surface area contributed by atoms with Gasteiger partial charge in [0.1, 0.15) is 23.8 Å². The maximum absolute atomic E-state index is 14.6. The van der Waals surface area contributed by atoms with Crippen molar-refractivity contribution in [2.24, 2.45) is 0 Å². The van der Waals surface area contributed by atoms with Gasteiger partial charge in [0, 0.05) is 18.6 Å². The number of rotatable bonds is 7. The van der Waals surface area contributed by atoms with Gasteiger partial charge in [0.05, 0.1) is 29.6 Å². The molecule has 0 aliphatic heterocycles. The van der Waals surface area contributed by atoms with Crippen LogP contribution in [0.4, 0.5) is 23.2 Å². The second-order valence-electron chi connectivity index (χ2n) is 8.67. The number of aromatic nitrogens is 5. The molecule has 0 unspecified atom stereocenters. The van der Waals surface area contributed by atoms with Crippen molar-refractivity contribution in [1.82, 2.24) is 25.0 Å². The molecule has 37 heavy (non-hydrogen) atoms. The van der Waals surface area contributed by atoms with Crippen molar-refractivity contribution in [2.45, 2.75) is 44.0 Å². The topological polar surface area (TPSA) is 111 Å². The zero-order valence-corrected chi connectivity index (χ0v) is 19.3. The predicted octanol–water partition coefficient (Wildman–Crippen LogP) is 5.38. The van der Waals surface area contributed by atoms with E-state index in [0.717, 1.165) is 0 Å². The Kier molecular flexibility index (Phi) is 6.78. The molecule has 4 heterocycles. The van der Waals surface area contributed by atoms with Crippen molar-refractivity contribution in [3.05, 3.63) is 60.6 Å². The number of ether oxygens (including phenoxy) is 1. The van der Waals surface area contributed by atoms with Crippen LogP contribution in [0.5, 0.6) is 0 Å². The Morgan fingerprint density at radius 1 is 1.19 bits per heavy atom. The molecule has 9 nitrogen and oxygen atoms in total. The van der Waals surface area contributed by atoms with Crippen LogP contribution >= 0.6 is 0 Å². The number of hydrogen-bond acceptors (Lipinski definition) is 6. The van der Waals surface area contributed by atoms with E-state index in [1.807, 2.05) is 0 Å². The van der Waals surface area contributed by atoms with Crippen LogP contribution in [0.3, 0.4) is 0 Å². The van der Waals surface area contributed by atoms with Crippen LogP contribution in [0, 0.1) is 5.82 Å². The fourth-order valence-corrected chi connectivity index (χ4v) is 4.28. The van der Waals surface area contributed by atoms with Gasteiger partial charge in [-0.05, 0) is 49.9 Å². The first-order valence-electron chi connectivity index (χ1n) is 11.6. The number of amides is 1. The molecule has 0 bridgehead atoms. The van der Waals surface area contributed by atoms with E-state index in [2.05, 4.69) is 25.6 Å². The Bertz CT molecular complexity index is 1360. The number of nitrogens with one attached hydrogen (secondary N) is 2. The molecule has 1 aliphatic carbocycles. The normalized spacial score (nSPS) is 18.2. The number of H-pyrrole nitrogens is 1. The molecule has 194 valence electrons. The summed E-state index contributed by atoms with van der Waals surface area (Å²) in [6.07, 6.45) is 3.13. The number of carbonyl (C=O) groups is 1. The third kappa shape index (κ3) is 5.71. The Morgan fingerprint density at radius 3 is 2.70 bits per heavy atom.